The molecule has 1 rings (SSSR count). The smallest absolute Gasteiger partial charge is 0.132 e. The van der Waals surface area contributed by atoms with E-state index < -0.39 is 0 Å². The van der Waals surface area contributed by atoms with Crippen molar-refractivity contribution < 1.29 is 0 Å². The zero-order valence-corrected chi connectivity index (χ0v) is 10.1. The van der Waals surface area contributed by atoms with Gasteiger partial charge in [0.1, 0.15) is 11.0 Å². The first kappa shape index (κ1) is 12.7. The summed E-state index contributed by atoms with van der Waals surface area (Å²) in [7, 11) is 0. The fourth-order valence-corrected chi connectivity index (χ4v) is 1.75. The molecule has 1 N–H and O–H groups in total. The van der Waals surface area contributed by atoms with E-state index in [0.29, 0.717) is 22.3 Å². The molecule has 0 fully saturated rings. The molecule has 0 amide bonds. The molecule has 16 heavy (non-hydrogen) atoms. The highest BCUT2D eigenvalue weighted by Gasteiger charge is 1.99. The van der Waals surface area contributed by atoms with Crippen LogP contribution in [0.25, 0.3) is 0 Å². The fraction of sp³-hybridized carbons (Fsp3) is 0.273. The zero-order valence-electron chi connectivity index (χ0n) is 8.53. The normalized spacial score (nSPS) is 9.19. The predicted octanol–water partition coefficient (Wildman–Crippen LogP) is 2.38. The van der Waals surface area contributed by atoms with Crippen LogP contribution in [0.5, 0.6) is 0 Å². The largest absolute Gasteiger partial charge is 0.369 e. The van der Waals surface area contributed by atoms with E-state index in [0.717, 1.165) is 12.3 Å². The van der Waals surface area contributed by atoms with E-state index in [4.69, 9.17) is 23.3 Å². The van der Waals surface area contributed by atoms with Crippen molar-refractivity contribution in [3.8, 4) is 18.4 Å². The number of nitriles is 1. The highest BCUT2D eigenvalue weighted by atomic mass is 35.5. The maximum atomic E-state index is 8.74. The van der Waals surface area contributed by atoms with Gasteiger partial charge in [-0.1, -0.05) is 17.5 Å². The molecule has 0 aliphatic rings. The van der Waals surface area contributed by atoms with Crippen molar-refractivity contribution in [1.82, 2.24) is 4.98 Å². The Hall–Kier alpha value is -1.36. The number of nitrogens with one attached hydrogen (secondary N) is 1. The number of aromatic nitrogens is 1. The van der Waals surface area contributed by atoms with Crippen LogP contribution in [-0.2, 0) is 0 Å². The Morgan fingerprint density at radius 1 is 1.56 bits per heavy atom. The molecule has 0 aliphatic carbocycles. The number of pyridine rings is 1. The molecule has 0 unspecified atom stereocenters. The molecule has 0 saturated carbocycles. The first-order valence-electron chi connectivity index (χ1n) is 4.59. The standard InChI is InChI=1S/C11H10ClN3S/c1-2-4-16-5-3-14-11-7-9(8-13)6-10(12)15-11/h1,6-7H,3-5H2,(H,14,15). The van der Waals surface area contributed by atoms with Gasteiger partial charge < -0.3 is 5.32 Å². The summed E-state index contributed by atoms with van der Waals surface area (Å²) in [4.78, 5) is 4.05. The maximum Gasteiger partial charge on any atom is 0.132 e. The van der Waals surface area contributed by atoms with Crippen molar-refractivity contribution in [3.63, 3.8) is 0 Å². The van der Waals surface area contributed by atoms with Gasteiger partial charge in [0.2, 0.25) is 0 Å². The van der Waals surface area contributed by atoms with Crippen LogP contribution in [0.2, 0.25) is 5.15 Å². The monoisotopic (exact) mass is 251 g/mol. The summed E-state index contributed by atoms with van der Waals surface area (Å²) >= 11 is 7.42. The molecule has 0 aliphatic heterocycles. The van der Waals surface area contributed by atoms with Crippen LogP contribution in [0.1, 0.15) is 5.56 Å². The SMILES string of the molecule is C#CCSCCNc1cc(C#N)cc(Cl)n1. The molecule has 1 heterocycles. The minimum Gasteiger partial charge on any atom is -0.369 e. The van der Waals surface area contributed by atoms with Crippen molar-refractivity contribution >= 4 is 29.2 Å². The van der Waals surface area contributed by atoms with Crippen LogP contribution in [-0.4, -0.2) is 23.0 Å². The molecule has 1 aromatic rings. The second-order valence-electron chi connectivity index (χ2n) is 2.86. The molecule has 1 aromatic heterocycles. The molecule has 5 heteroatoms. The maximum absolute atomic E-state index is 8.74. The van der Waals surface area contributed by atoms with E-state index in [1.54, 1.807) is 17.8 Å². The molecular formula is C11H10ClN3S. The van der Waals surface area contributed by atoms with Gasteiger partial charge in [-0.2, -0.15) is 5.26 Å². The minimum atomic E-state index is 0.317. The topological polar surface area (TPSA) is 48.7 Å². The van der Waals surface area contributed by atoms with Gasteiger partial charge >= 0.3 is 0 Å². The minimum absolute atomic E-state index is 0.317. The highest BCUT2D eigenvalue weighted by Crippen LogP contribution is 2.13. The van der Waals surface area contributed by atoms with E-state index in [-0.39, 0.29) is 0 Å². The van der Waals surface area contributed by atoms with Gasteiger partial charge in [-0.25, -0.2) is 4.98 Å². The van der Waals surface area contributed by atoms with Crippen LogP contribution in [0.15, 0.2) is 12.1 Å². The van der Waals surface area contributed by atoms with Crippen LogP contribution < -0.4 is 5.32 Å². The summed E-state index contributed by atoms with van der Waals surface area (Å²) in [5, 5.41) is 12.1. The van der Waals surface area contributed by atoms with Crippen LogP contribution in [0.4, 0.5) is 5.82 Å². The highest BCUT2D eigenvalue weighted by molar-refractivity contribution is 7.99. The molecule has 0 atom stereocenters. The van der Waals surface area contributed by atoms with Gasteiger partial charge in [-0.3, -0.25) is 0 Å². The number of terminal acetylenes is 1. The average molecular weight is 252 g/mol. The molecule has 0 radical (unpaired) electrons. The van der Waals surface area contributed by atoms with Gasteiger partial charge in [0.05, 0.1) is 17.4 Å². The third-order valence-electron chi connectivity index (χ3n) is 1.66. The van der Waals surface area contributed by atoms with Crippen molar-refractivity contribution in [2.75, 3.05) is 23.4 Å². The third kappa shape index (κ3) is 4.44. The van der Waals surface area contributed by atoms with Crippen LogP contribution in [0.3, 0.4) is 0 Å². The lowest BCUT2D eigenvalue weighted by atomic mass is 10.3. The Morgan fingerprint density at radius 2 is 2.38 bits per heavy atom. The molecular weight excluding hydrogens is 242 g/mol. The number of rotatable bonds is 5. The van der Waals surface area contributed by atoms with E-state index >= 15 is 0 Å². The summed E-state index contributed by atoms with van der Waals surface area (Å²) in [6, 6.07) is 5.21. The Labute approximate surface area is 104 Å². The molecule has 82 valence electrons. The quantitative estimate of drug-likeness (QED) is 0.496. The molecule has 3 nitrogen and oxygen atoms in total. The van der Waals surface area contributed by atoms with Gasteiger partial charge in [0.25, 0.3) is 0 Å². The second kappa shape index (κ2) is 7.00. The van der Waals surface area contributed by atoms with Crippen LogP contribution >= 0.6 is 23.4 Å². The number of hydrogen-bond donors (Lipinski definition) is 1. The zero-order chi connectivity index (χ0) is 11.8. The summed E-state index contributed by atoms with van der Waals surface area (Å²) in [6.07, 6.45) is 5.12. The lowest BCUT2D eigenvalue weighted by Gasteiger charge is -2.05. The van der Waals surface area contributed by atoms with E-state index in [2.05, 4.69) is 16.2 Å². The molecule has 0 saturated heterocycles. The number of thioether (sulfide) groups is 1. The van der Waals surface area contributed by atoms with E-state index in [1.807, 2.05) is 6.07 Å². The molecule has 0 spiro atoms. The first-order valence-corrected chi connectivity index (χ1v) is 6.12. The summed E-state index contributed by atoms with van der Waals surface area (Å²) < 4.78 is 0. The van der Waals surface area contributed by atoms with Crippen molar-refractivity contribution in [2.24, 2.45) is 0 Å². The van der Waals surface area contributed by atoms with Crippen molar-refractivity contribution in [2.45, 2.75) is 0 Å². The Bertz CT molecular complexity index is 434. The number of hydrogen-bond acceptors (Lipinski definition) is 4. The van der Waals surface area contributed by atoms with Crippen molar-refractivity contribution in [3.05, 3.63) is 22.8 Å². The predicted molar refractivity (Wildman–Crippen MR) is 68.6 cm³/mol. The molecule has 0 bridgehead atoms. The summed E-state index contributed by atoms with van der Waals surface area (Å²) in [6.45, 7) is 0.741. The lowest BCUT2D eigenvalue weighted by Crippen LogP contribution is -2.06. The van der Waals surface area contributed by atoms with Crippen LogP contribution in [0, 0.1) is 23.7 Å². The number of nitrogens with zero attached hydrogens (tertiary/aromatic N) is 2. The van der Waals surface area contributed by atoms with Gasteiger partial charge in [-0.05, 0) is 12.1 Å². The number of anilines is 1. The number of halogens is 1. The Morgan fingerprint density at radius 3 is 3.06 bits per heavy atom. The third-order valence-corrected chi connectivity index (χ3v) is 2.72. The van der Waals surface area contributed by atoms with Gasteiger partial charge in [0.15, 0.2) is 0 Å². The van der Waals surface area contributed by atoms with Crippen molar-refractivity contribution in [1.29, 1.82) is 5.26 Å². The second-order valence-corrected chi connectivity index (χ2v) is 4.35. The lowest BCUT2D eigenvalue weighted by molar-refractivity contribution is 1.17. The van der Waals surface area contributed by atoms with Gasteiger partial charge in [-0.15, -0.1) is 18.2 Å². The molecule has 0 aromatic carbocycles. The van der Waals surface area contributed by atoms with E-state index in [1.165, 1.54) is 6.07 Å². The fourth-order valence-electron chi connectivity index (χ4n) is 1.03. The summed E-state index contributed by atoms with van der Waals surface area (Å²) in [5.74, 6) is 4.76. The summed E-state index contributed by atoms with van der Waals surface area (Å²) in [5.41, 5.74) is 0.499. The van der Waals surface area contributed by atoms with Gasteiger partial charge in [0, 0.05) is 12.3 Å². The average Bonchev–Trinajstić information content (AvgIpc) is 2.28. The Balaban J connectivity index is 2.45. The Kier molecular flexibility index (Phi) is 5.56. The first-order chi connectivity index (χ1) is 7.76. The van der Waals surface area contributed by atoms with E-state index in [9.17, 15) is 0 Å².